The smallest absolute Gasteiger partial charge is 0.216 e. The Morgan fingerprint density at radius 2 is 2.09 bits per heavy atom. The Labute approximate surface area is 131 Å². The number of hydrogen-bond acceptors (Lipinski definition) is 5. The second-order valence-electron chi connectivity index (χ2n) is 5.62. The van der Waals surface area contributed by atoms with E-state index in [1.54, 1.807) is 0 Å². The lowest BCUT2D eigenvalue weighted by Crippen LogP contribution is -2.43. The van der Waals surface area contributed by atoms with Crippen LogP contribution in [0.4, 0.5) is 5.69 Å². The topological polar surface area (TPSA) is 84.8 Å². The molecule has 2 unspecified atom stereocenters. The molecule has 6 heteroatoms. The van der Waals surface area contributed by atoms with Gasteiger partial charge < -0.3 is 25.7 Å². The van der Waals surface area contributed by atoms with Gasteiger partial charge in [-0.25, -0.2) is 0 Å². The number of rotatable bonds is 6. The average Bonchev–Trinajstić information content (AvgIpc) is 2.54. The molecule has 2 rings (SSSR count). The van der Waals surface area contributed by atoms with Gasteiger partial charge in [0.15, 0.2) is 0 Å². The van der Waals surface area contributed by atoms with Crippen LogP contribution in [-0.2, 0) is 4.79 Å². The quantitative estimate of drug-likeness (QED) is 0.595. The summed E-state index contributed by atoms with van der Waals surface area (Å²) in [5.41, 5.74) is 1.76. The maximum absolute atomic E-state index is 10.8. The molecule has 0 saturated carbocycles. The third-order valence-electron chi connectivity index (χ3n) is 3.87. The minimum Gasteiger partial charge on any atom is -0.390 e. The fourth-order valence-corrected chi connectivity index (χ4v) is 2.60. The van der Waals surface area contributed by atoms with Gasteiger partial charge in [0.2, 0.25) is 5.91 Å². The van der Waals surface area contributed by atoms with Crippen LogP contribution < -0.4 is 15.5 Å². The number of amides is 1. The summed E-state index contributed by atoms with van der Waals surface area (Å²) < 4.78 is 0. The van der Waals surface area contributed by atoms with Gasteiger partial charge in [-0.2, -0.15) is 0 Å². The molecule has 1 saturated heterocycles. The summed E-state index contributed by atoms with van der Waals surface area (Å²) in [5, 5.41) is 26.3. The Balaban J connectivity index is 1.96. The maximum atomic E-state index is 10.8. The van der Waals surface area contributed by atoms with E-state index < -0.39 is 12.2 Å². The van der Waals surface area contributed by atoms with Crippen LogP contribution in [-0.4, -0.2) is 54.9 Å². The minimum absolute atomic E-state index is 0.137. The van der Waals surface area contributed by atoms with E-state index in [1.807, 2.05) is 24.3 Å². The monoisotopic (exact) mass is 307 g/mol. The number of carbonyl (C=O) groups is 1. The summed E-state index contributed by atoms with van der Waals surface area (Å²) in [6.07, 6.45) is -1.53. The molecule has 6 nitrogen and oxygen atoms in total. The number of hydrogen-bond donors (Lipinski definition) is 4. The molecule has 1 aliphatic rings. The molecule has 22 heavy (non-hydrogen) atoms. The molecule has 1 fully saturated rings. The normalized spacial score (nSPS) is 17.9. The van der Waals surface area contributed by atoms with E-state index in [9.17, 15) is 15.0 Å². The summed E-state index contributed by atoms with van der Waals surface area (Å²) in [5.74, 6) is -0.137. The zero-order chi connectivity index (χ0) is 15.9. The number of aliphatic hydroxyl groups is 2. The predicted octanol–water partition coefficient (Wildman–Crippen LogP) is 0.0167. The number of benzene rings is 1. The summed E-state index contributed by atoms with van der Waals surface area (Å²) in [7, 11) is 0. The van der Waals surface area contributed by atoms with Crippen LogP contribution in [0.5, 0.6) is 0 Å². The summed E-state index contributed by atoms with van der Waals surface area (Å²) in [4.78, 5) is 13.1. The molecule has 0 aliphatic carbocycles. The second kappa shape index (κ2) is 8.12. The van der Waals surface area contributed by atoms with Crippen molar-refractivity contribution in [3.63, 3.8) is 0 Å². The van der Waals surface area contributed by atoms with E-state index in [0.29, 0.717) is 18.5 Å². The molecule has 4 N–H and O–H groups in total. The van der Waals surface area contributed by atoms with E-state index >= 15 is 0 Å². The first-order valence-electron chi connectivity index (χ1n) is 7.74. The van der Waals surface area contributed by atoms with Crippen molar-refractivity contribution in [1.29, 1.82) is 0 Å². The molecule has 1 heterocycles. The maximum Gasteiger partial charge on any atom is 0.216 e. The van der Waals surface area contributed by atoms with Crippen LogP contribution in [0.1, 0.15) is 25.0 Å². The van der Waals surface area contributed by atoms with Gasteiger partial charge in [0.25, 0.3) is 0 Å². The third-order valence-corrected chi connectivity index (χ3v) is 3.87. The Morgan fingerprint density at radius 3 is 2.77 bits per heavy atom. The SMILES string of the molecule is CC(=O)NCCC(O)C(O)c1cccc(N2CCNCC2)c1. The van der Waals surface area contributed by atoms with Gasteiger partial charge in [-0.1, -0.05) is 12.1 Å². The zero-order valence-corrected chi connectivity index (χ0v) is 13.0. The fourth-order valence-electron chi connectivity index (χ4n) is 2.60. The molecule has 1 amide bonds. The molecule has 122 valence electrons. The van der Waals surface area contributed by atoms with Gasteiger partial charge in [-0.05, 0) is 24.1 Å². The Kier molecular flexibility index (Phi) is 6.18. The lowest BCUT2D eigenvalue weighted by atomic mass is 10.0. The second-order valence-corrected chi connectivity index (χ2v) is 5.62. The van der Waals surface area contributed by atoms with Crippen molar-refractivity contribution in [2.45, 2.75) is 25.6 Å². The van der Waals surface area contributed by atoms with Crippen LogP contribution in [0.2, 0.25) is 0 Å². The standard InChI is InChI=1S/C16H25N3O3/c1-12(20)18-6-5-15(21)16(22)13-3-2-4-14(11-13)19-9-7-17-8-10-19/h2-4,11,15-17,21-22H,5-10H2,1H3,(H,18,20). The lowest BCUT2D eigenvalue weighted by molar-refractivity contribution is -0.119. The third kappa shape index (κ3) is 4.69. The van der Waals surface area contributed by atoms with Crippen molar-refractivity contribution in [1.82, 2.24) is 10.6 Å². The Morgan fingerprint density at radius 1 is 1.36 bits per heavy atom. The Hall–Kier alpha value is -1.63. The van der Waals surface area contributed by atoms with Gasteiger partial charge in [-0.15, -0.1) is 0 Å². The van der Waals surface area contributed by atoms with Crippen molar-refractivity contribution >= 4 is 11.6 Å². The van der Waals surface area contributed by atoms with Crippen LogP contribution >= 0.6 is 0 Å². The van der Waals surface area contributed by atoms with Gasteiger partial charge in [0, 0.05) is 45.3 Å². The van der Waals surface area contributed by atoms with Gasteiger partial charge >= 0.3 is 0 Å². The van der Waals surface area contributed by atoms with Crippen LogP contribution in [0.3, 0.4) is 0 Å². The van der Waals surface area contributed by atoms with Gasteiger partial charge in [-0.3, -0.25) is 4.79 Å². The van der Waals surface area contributed by atoms with E-state index in [4.69, 9.17) is 0 Å². The van der Waals surface area contributed by atoms with Gasteiger partial charge in [0.05, 0.1) is 6.10 Å². The summed E-state index contributed by atoms with van der Waals surface area (Å²) in [6.45, 7) is 5.55. The molecular weight excluding hydrogens is 282 g/mol. The fraction of sp³-hybridized carbons (Fsp3) is 0.562. The molecule has 0 aromatic heterocycles. The molecular formula is C16H25N3O3. The Bertz CT molecular complexity index is 489. The van der Waals surface area contributed by atoms with Crippen LogP contribution in [0.25, 0.3) is 0 Å². The highest BCUT2D eigenvalue weighted by Gasteiger charge is 2.19. The zero-order valence-electron chi connectivity index (χ0n) is 13.0. The van der Waals surface area contributed by atoms with Crippen molar-refractivity contribution in [2.75, 3.05) is 37.6 Å². The highest BCUT2D eigenvalue weighted by Crippen LogP contribution is 2.24. The number of nitrogens with zero attached hydrogens (tertiary/aromatic N) is 1. The molecule has 1 aliphatic heterocycles. The number of carbonyl (C=O) groups excluding carboxylic acids is 1. The largest absolute Gasteiger partial charge is 0.390 e. The van der Waals surface area contributed by atoms with Crippen molar-refractivity contribution < 1.29 is 15.0 Å². The van der Waals surface area contributed by atoms with Crippen molar-refractivity contribution in [2.24, 2.45) is 0 Å². The van der Waals surface area contributed by atoms with Crippen LogP contribution in [0.15, 0.2) is 24.3 Å². The minimum atomic E-state index is -0.948. The number of nitrogens with one attached hydrogen (secondary N) is 2. The molecule has 0 spiro atoms. The molecule has 1 aromatic carbocycles. The van der Waals surface area contributed by atoms with E-state index in [0.717, 1.165) is 31.9 Å². The van der Waals surface area contributed by atoms with E-state index in [2.05, 4.69) is 15.5 Å². The van der Waals surface area contributed by atoms with E-state index in [1.165, 1.54) is 6.92 Å². The first-order chi connectivity index (χ1) is 10.6. The van der Waals surface area contributed by atoms with Crippen molar-refractivity contribution in [3.8, 4) is 0 Å². The number of anilines is 1. The molecule has 2 atom stereocenters. The van der Waals surface area contributed by atoms with Crippen molar-refractivity contribution in [3.05, 3.63) is 29.8 Å². The molecule has 1 aromatic rings. The first kappa shape index (κ1) is 16.7. The highest BCUT2D eigenvalue weighted by atomic mass is 16.3. The highest BCUT2D eigenvalue weighted by molar-refractivity contribution is 5.72. The lowest BCUT2D eigenvalue weighted by Gasteiger charge is -2.30. The van der Waals surface area contributed by atoms with Crippen LogP contribution in [0, 0.1) is 0 Å². The average molecular weight is 307 g/mol. The summed E-state index contributed by atoms with van der Waals surface area (Å²) in [6, 6.07) is 7.66. The summed E-state index contributed by atoms with van der Waals surface area (Å²) >= 11 is 0. The first-order valence-corrected chi connectivity index (χ1v) is 7.74. The molecule has 0 radical (unpaired) electrons. The number of piperazine rings is 1. The predicted molar refractivity (Wildman–Crippen MR) is 85.8 cm³/mol. The number of aliphatic hydroxyl groups excluding tert-OH is 2. The van der Waals surface area contributed by atoms with E-state index in [-0.39, 0.29) is 5.91 Å². The molecule has 0 bridgehead atoms. The van der Waals surface area contributed by atoms with Gasteiger partial charge in [0.1, 0.15) is 6.10 Å².